The maximum absolute atomic E-state index is 13.2. The Balaban J connectivity index is 1.64. The molecule has 0 fully saturated rings. The van der Waals surface area contributed by atoms with E-state index in [0.717, 1.165) is 5.56 Å². The molecule has 0 aliphatic carbocycles. The molecule has 2 aromatic carbocycles. The zero-order valence-corrected chi connectivity index (χ0v) is 13.0. The molecule has 4 aromatic rings. The monoisotopic (exact) mass is 335 g/mol. The average molecular weight is 335 g/mol. The van der Waals surface area contributed by atoms with Crippen LogP contribution in [0.3, 0.4) is 0 Å². The second-order valence-corrected chi connectivity index (χ2v) is 5.41. The molecule has 7 heteroatoms. The summed E-state index contributed by atoms with van der Waals surface area (Å²) in [5.74, 6) is 0.785. The number of nitrogens with zero attached hydrogens (tertiary/aromatic N) is 3. The predicted octanol–water partition coefficient (Wildman–Crippen LogP) is 2.80. The summed E-state index contributed by atoms with van der Waals surface area (Å²) in [6.45, 7) is 0.0444. The Bertz CT molecular complexity index is 1090. The summed E-state index contributed by atoms with van der Waals surface area (Å²) in [5.41, 5.74) is 0.975. The third-order valence-electron chi connectivity index (χ3n) is 3.61. The number of nitrogens with one attached hydrogen (secondary N) is 1. The highest BCUT2D eigenvalue weighted by atomic mass is 18.2. The van der Waals surface area contributed by atoms with Crippen molar-refractivity contribution in [3.63, 3.8) is 0 Å². The molecule has 2 heterocycles. The molecule has 0 aliphatic heterocycles. The Labute approximate surface area is 141 Å². The quantitative estimate of drug-likeness (QED) is 0.622. The van der Waals surface area contributed by atoms with Crippen molar-refractivity contribution in [2.75, 3.05) is 0 Å². The minimum atomic E-state index is -0.388. The van der Waals surface area contributed by atoms with Gasteiger partial charge in [0.2, 0.25) is 0 Å². The lowest BCUT2D eigenvalue weighted by atomic mass is 10.2. The molecule has 0 radical (unpaired) electrons. The van der Waals surface area contributed by atoms with Crippen LogP contribution in [0.1, 0.15) is 5.69 Å². The summed E-state index contributed by atoms with van der Waals surface area (Å²) in [7, 11) is 0. The van der Waals surface area contributed by atoms with Gasteiger partial charge in [-0.05, 0) is 12.1 Å². The van der Waals surface area contributed by atoms with Gasteiger partial charge in [-0.15, -0.1) is 0 Å². The fraction of sp³-hybridized carbons (Fsp3) is 0.0556. The van der Waals surface area contributed by atoms with E-state index in [1.807, 2.05) is 30.3 Å². The van der Waals surface area contributed by atoms with Crippen LogP contribution in [0.2, 0.25) is 0 Å². The van der Waals surface area contributed by atoms with Gasteiger partial charge in [0.15, 0.2) is 5.82 Å². The van der Waals surface area contributed by atoms with E-state index in [0.29, 0.717) is 17.3 Å². The number of hydrogen-bond acceptors (Lipinski definition) is 4. The molecule has 0 bridgehead atoms. The second kappa shape index (κ2) is 6.20. The van der Waals surface area contributed by atoms with Crippen LogP contribution in [-0.4, -0.2) is 19.6 Å². The van der Waals surface area contributed by atoms with E-state index in [1.54, 1.807) is 12.1 Å². The van der Waals surface area contributed by atoms with E-state index < -0.39 is 0 Å². The highest BCUT2D eigenvalue weighted by Gasteiger charge is 2.10. The normalized spacial score (nSPS) is 10.9. The summed E-state index contributed by atoms with van der Waals surface area (Å²) < 4.78 is 19.9. The van der Waals surface area contributed by atoms with Crippen molar-refractivity contribution < 1.29 is 9.13 Å². The molecule has 124 valence electrons. The van der Waals surface area contributed by atoms with Gasteiger partial charge >= 0.3 is 0 Å². The van der Waals surface area contributed by atoms with Gasteiger partial charge in [-0.25, -0.2) is 9.37 Å². The van der Waals surface area contributed by atoms with Crippen molar-refractivity contribution in [2.24, 2.45) is 0 Å². The van der Waals surface area contributed by atoms with E-state index in [9.17, 15) is 9.18 Å². The lowest BCUT2D eigenvalue weighted by Crippen LogP contribution is -2.16. The Morgan fingerprint density at radius 1 is 1.04 bits per heavy atom. The van der Waals surface area contributed by atoms with Crippen LogP contribution < -0.4 is 10.3 Å². The fourth-order valence-corrected chi connectivity index (χ4v) is 2.44. The van der Waals surface area contributed by atoms with Gasteiger partial charge in [0, 0.05) is 17.7 Å². The first-order chi connectivity index (χ1) is 12.2. The highest BCUT2D eigenvalue weighted by molar-refractivity contribution is 5.56. The first-order valence-corrected chi connectivity index (χ1v) is 7.61. The number of aromatic amines is 1. The number of aromatic nitrogens is 4. The van der Waals surface area contributed by atoms with Gasteiger partial charge in [-0.2, -0.15) is 9.50 Å². The summed E-state index contributed by atoms with van der Waals surface area (Å²) in [6, 6.07) is 16.6. The van der Waals surface area contributed by atoms with Gasteiger partial charge < -0.3 is 4.74 Å². The summed E-state index contributed by atoms with van der Waals surface area (Å²) >= 11 is 0. The van der Waals surface area contributed by atoms with E-state index in [-0.39, 0.29) is 23.8 Å². The number of H-pyrrole nitrogens is 1. The number of hydrogen-bond donors (Lipinski definition) is 1. The van der Waals surface area contributed by atoms with Gasteiger partial charge in [0.05, 0.1) is 5.69 Å². The van der Waals surface area contributed by atoms with E-state index >= 15 is 0 Å². The lowest BCUT2D eigenvalue weighted by molar-refractivity contribution is 0.299. The molecular weight excluding hydrogens is 322 g/mol. The molecular formula is C18H13FN4O2. The smallest absolute Gasteiger partial charge is 0.274 e. The van der Waals surface area contributed by atoms with Crippen molar-refractivity contribution in [1.82, 2.24) is 19.6 Å². The Kier molecular flexibility index (Phi) is 3.74. The van der Waals surface area contributed by atoms with Crippen molar-refractivity contribution in [1.29, 1.82) is 0 Å². The maximum atomic E-state index is 13.2. The lowest BCUT2D eigenvalue weighted by Gasteiger charge is -2.05. The summed E-state index contributed by atoms with van der Waals surface area (Å²) in [6.07, 6.45) is 0. The van der Waals surface area contributed by atoms with E-state index in [1.165, 1.54) is 22.7 Å². The third-order valence-corrected chi connectivity index (χ3v) is 3.61. The number of fused-ring (bicyclic) bond motifs is 1. The minimum absolute atomic E-state index is 0.0444. The number of halogens is 1. The summed E-state index contributed by atoms with van der Waals surface area (Å²) in [5, 5.41) is 2.93. The third kappa shape index (κ3) is 3.12. The van der Waals surface area contributed by atoms with Crippen molar-refractivity contribution in [3.8, 4) is 17.1 Å². The fourth-order valence-electron chi connectivity index (χ4n) is 2.44. The summed E-state index contributed by atoms with van der Waals surface area (Å²) in [4.78, 5) is 20.9. The van der Waals surface area contributed by atoms with Crippen molar-refractivity contribution >= 4 is 5.78 Å². The molecule has 0 aliphatic rings. The maximum Gasteiger partial charge on any atom is 0.274 e. The molecule has 0 unspecified atom stereocenters. The first-order valence-electron chi connectivity index (χ1n) is 7.61. The van der Waals surface area contributed by atoms with E-state index in [2.05, 4.69) is 15.1 Å². The molecule has 0 saturated carbocycles. The van der Waals surface area contributed by atoms with Crippen LogP contribution in [-0.2, 0) is 6.61 Å². The van der Waals surface area contributed by atoms with Crippen LogP contribution in [0.4, 0.5) is 4.39 Å². The van der Waals surface area contributed by atoms with Gasteiger partial charge in [0.25, 0.3) is 11.3 Å². The molecule has 6 nitrogen and oxygen atoms in total. The van der Waals surface area contributed by atoms with Crippen LogP contribution in [0.25, 0.3) is 17.2 Å². The zero-order valence-electron chi connectivity index (χ0n) is 13.0. The number of rotatable bonds is 4. The Morgan fingerprint density at radius 2 is 1.88 bits per heavy atom. The molecule has 0 amide bonds. The van der Waals surface area contributed by atoms with Gasteiger partial charge in [0.1, 0.15) is 18.2 Å². The SMILES string of the molecule is O=c1cc(COc2cccc([18F])c2)nc2nc(-c3ccccc3)[nH]n12. The van der Waals surface area contributed by atoms with Crippen LogP contribution in [0.5, 0.6) is 5.75 Å². The van der Waals surface area contributed by atoms with E-state index in [4.69, 9.17) is 4.74 Å². The van der Waals surface area contributed by atoms with Crippen LogP contribution in [0, 0.1) is 5.82 Å². The van der Waals surface area contributed by atoms with Crippen LogP contribution in [0.15, 0.2) is 65.5 Å². The Morgan fingerprint density at radius 3 is 2.68 bits per heavy atom. The standard InChI is InChI=1S/C18H13FN4O2/c19-13-7-4-8-15(9-13)25-11-14-10-16(24)23-18(20-14)21-17(22-23)12-5-2-1-3-6-12/h1-10H,11H2,(H,20,21,22)/i19-1. The molecule has 0 atom stereocenters. The molecule has 4 rings (SSSR count). The minimum Gasteiger partial charge on any atom is -0.487 e. The molecule has 0 spiro atoms. The van der Waals surface area contributed by atoms with Gasteiger partial charge in [-0.3, -0.25) is 9.89 Å². The number of benzene rings is 2. The molecule has 0 saturated heterocycles. The first kappa shape index (κ1) is 15.1. The average Bonchev–Trinajstić information content (AvgIpc) is 3.06. The molecule has 25 heavy (non-hydrogen) atoms. The predicted molar refractivity (Wildman–Crippen MR) is 89.8 cm³/mol. The molecule has 2 aromatic heterocycles. The largest absolute Gasteiger partial charge is 0.487 e. The van der Waals surface area contributed by atoms with Crippen LogP contribution >= 0.6 is 0 Å². The second-order valence-electron chi connectivity index (χ2n) is 5.41. The molecule has 1 N–H and O–H groups in total. The Hall–Kier alpha value is -3.48. The zero-order chi connectivity index (χ0) is 17.2. The van der Waals surface area contributed by atoms with Crippen molar-refractivity contribution in [3.05, 3.63) is 82.5 Å². The topological polar surface area (TPSA) is 72.3 Å². The van der Waals surface area contributed by atoms with Crippen molar-refractivity contribution in [2.45, 2.75) is 6.61 Å². The van der Waals surface area contributed by atoms with Gasteiger partial charge in [-0.1, -0.05) is 36.4 Å². The highest BCUT2D eigenvalue weighted by Crippen LogP contribution is 2.15. The number of ether oxygens (including phenoxy) is 1.